The number of piperidine rings is 1. The molecule has 134 valence electrons. The molecule has 0 radical (unpaired) electrons. The number of nitrogens with zero attached hydrogens (tertiary/aromatic N) is 1. The van der Waals surface area contributed by atoms with Gasteiger partial charge in [0.15, 0.2) is 0 Å². The summed E-state index contributed by atoms with van der Waals surface area (Å²) in [5.41, 5.74) is 7.58. The van der Waals surface area contributed by atoms with Crippen LogP contribution in [0.3, 0.4) is 0 Å². The third-order valence-corrected chi connectivity index (χ3v) is 4.49. The summed E-state index contributed by atoms with van der Waals surface area (Å²) in [6.45, 7) is 2.76. The van der Waals surface area contributed by atoms with Crippen LogP contribution in [0.25, 0.3) is 0 Å². The van der Waals surface area contributed by atoms with Crippen molar-refractivity contribution < 1.29 is 9.53 Å². The molecule has 1 amide bonds. The van der Waals surface area contributed by atoms with Gasteiger partial charge in [-0.2, -0.15) is 0 Å². The molecular weight excluding hydrogens is 336 g/mol. The van der Waals surface area contributed by atoms with Gasteiger partial charge in [-0.1, -0.05) is 30.3 Å². The molecule has 1 unspecified atom stereocenters. The summed E-state index contributed by atoms with van der Waals surface area (Å²) >= 11 is 0. The molecule has 5 heteroatoms. The van der Waals surface area contributed by atoms with Crippen LogP contribution in [-0.4, -0.2) is 30.4 Å². The highest BCUT2D eigenvalue weighted by Crippen LogP contribution is 2.20. The summed E-state index contributed by atoms with van der Waals surface area (Å²) in [4.78, 5) is 14.5. The van der Waals surface area contributed by atoms with Crippen molar-refractivity contribution in [2.75, 3.05) is 19.6 Å². The lowest BCUT2D eigenvalue weighted by molar-refractivity contribution is 0.0678. The fourth-order valence-corrected chi connectivity index (χ4v) is 3.06. The first-order valence-electron chi connectivity index (χ1n) is 8.52. The van der Waals surface area contributed by atoms with Gasteiger partial charge in [-0.3, -0.25) is 4.79 Å². The maximum Gasteiger partial charge on any atom is 0.253 e. The second kappa shape index (κ2) is 9.44. The van der Waals surface area contributed by atoms with Gasteiger partial charge < -0.3 is 15.4 Å². The van der Waals surface area contributed by atoms with Gasteiger partial charge in [0.1, 0.15) is 12.4 Å². The molecule has 2 N–H and O–H groups in total. The van der Waals surface area contributed by atoms with E-state index in [1.165, 1.54) is 0 Å². The minimum absolute atomic E-state index is 0. The zero-order valence-electron chi connectivity index (χ0n) is 14.3. The minimum Gasteiger partial charge on any atom is -0.489 e. The van der Waals surface area contributed by atoms with Crippen molar-refractivity contribution in [1.82, 2.24) is 4.90 Å². The number of carbonyl (C=O) groups is 1. The molecule has 25 heavy (non-hydrogen) atoms. The van der Waals surface area contributed by atoms with E-state index in [4.69, 9.17) is 10.5 Å². The Hall–Kier alpha value is -2.04. The monoisotopic (exact) mass is 360 g/mol. The van der Waals surface area contributed by atoms with Crippen LogP contribution in [0.2, 0.25) is 0 Å². The highest BCUT2D eigenvalue weighted by atomic mass is 35.5. The average molecular weight is 361 g/mol. The highest BCUT2D eigenvalue weighted by Gasteiger charge is 2.23. The summed E-state index contributed by atoms with van der Waals surface area (Å²) in [6.07, 6.45) is 2.15. The number of benzene rings is 2. The summed E-state index contributed by atoms with van der Waals surface area (Å²) < 4.78 is 5.77. The lowest BCUT2D eigenvalue weighted by atomic mass is 9.97. The van der Waals surface area contributed by atoms with Crippen molar-refractivity contribution in [2.45, 2.75) is 19.4 Å². The Bertz CT molecular complexity index is 661. The molecule has 0 aliphatic carbocycles. The summed E-state index contributed by atoms with van der Waals surface area (Å²) in [5.74, 6) is 1.29. The minimum atomic E-state index is 0. The van der Waals surface area contributed by atoms with Crippen molar-refractivity contribution in [3.8, 4) is 5.75 Å². The van der Waals surface area contributed by atoms with Crippen molar-refractivity contribution in [3.05, 3.63) is 65.7 Å². The van der Waals surface area contributed by atoms with Crippen LogP contribution in [0.5, 0.6) is 5.75 Å². The summed E-state index contributed by atoms with van der Waals surface area (Å²) in [7, 11) is 0. The lowest BCUT2D eigenvalue weighted by Gasteiger charge is -2.32. The summed E-state index contributed by atoms with van der Waals surface area (Å²) in [5, 5.41) is 0. The topological polar surface area (TPSA) is 55.6 Å². The van der Waals surface area contributed by atoms with E-state index in [0.717, 1.165) is 37.2 Å². The highest BCUT2D eigenvalue weighted by molar-refractivity contribution is 5.94. The molecule has 1 aliphatic heterocycles. The van der Waals surface area contributed by atoms with Crippen molar-refractivity contribution in [1.29, 1.82) is 0 Å². The second-order valence-corrected chi connectivity index (χ2v) is 6.29. The van der Waals surface area contributed by atoms with E-state index in [1.807, 2.05) is 59.5 Å². The Morgan fingerprint density at radius 2 is 1.84 bits per heavy atom. The van der Waals surface area contributed by atoms with Crippen LogP contribution in [0.1, 0.15) is 28.8 Å². The fourth-order valence-electron chi connectivity index (χ4n) is 3.06. The molecule has 3 rings (SSSR count). The standard InChI is InChI=1S/C20H24N2O2.ClH/c21-13-17-7-4-12-22(14-17)20(23)18-8-10-19(11-9-18)24-15-16-5-2-1-3-6-16;/h1-3,5-6,8-11,17H,4,7,12-15,21H2;1H. The molecule has 1 heterocycles. The Morgan fingerprint density at radius 1 is 1.12 bits per heavy atom. The molecule has 0 aromatic heterocycles. The number of rotatable bonds is 5. The Balaban J connectivity index is 0.00000225. The number of likely N-dealkylation sites (tertiary alicyclic amines) is 1. The first-order valence-corrected chi connectivity index (χ1v) is 8.52. The number of nitrogens with two attached hydrogens (primary N) is 1. The third-order valence-electron chi connectivity index (χ3n) is 4.49. The Kier molecular flexibility index (Phi) is 7.29. The molecular formula is C20H25ClN2O2. The van der Waals surface area contributed by atoms with Crippen molar-refractivity contribution in [2.24, 2.45) is 11.7 Å². The number of carbonyl (C=O) groups excluding carboxylic acids is 1. The first kappa shape index (κ1) is 19.3. The predicted octanol–water partition coefficient (Wildman–Crippen LogP) is 3.50. The van der Waals surface area contributed by atoms with Crippen molar-refractivity contribution in [3.63, 3.8) is 0 Å². The normalized spacial score (nSPS) is 16.8. The molecule has 1 fully saturated rings. The van der Waals surface area contributed by atoms with Crippen LogP contribution < -0.4 is 10.5 Å². The number of ether oxygens (including phenoxy) is 1. The van der Waals surface area contributed by atoms with Crippen molar-refractivity contribution >= 4 is 18.3 Å². The predicted molar refractivity (Wildman–Crippen MR) is 102 cm³/mol. The molecule has 0 spiro atoms. The van der Waals surface area contributed by atoms with E-state index in [0.29, 0.717) is 24.6 Å². The molecule has 0 saturated carbocycles. The largest absolute Gasteiger partial charge is 0.489 e. The van der Waals surface area contributed by atoms with Gasteiger partial charge in [0.25, 0.3) is 5.91 Å². The average Bonchev–Trinajstić information content (AvgIpc) is 2.67. The number of amides is 1. The van der Waals surface area contributed by atoms with Gasteiger partial charge in [0.05, 0.1) is 0 Å². The van der Waals surface area contributed by atoms with Crippen LogP contribution in [0, 0.1) is 5.92 Å². The number of hydrogen-bond donors (Lipinski definition) is 1. The Labute approximate surface area is 155 Å². The maximum atomic E-state index is 12.6. The molecule has 1 aliphatic rings. The molecule has 4 nitrogen and oxygen atoms in total. The van der Waals surface area contributed by atoms with E-state index in [1.54, 1.807) is 0 Å². The third kappa shape index (κ3) is 5.21. The van der Waals surface area contributed by atoms with Crippen LogP contribution in [0.15, 0.2) is 54.6 Å². The summed E-state index contributed by atoms with van der Waals surface area (Å²) in [6, 6.07) is 17.4. The van der Waals surface area contributed by atoms with E-state index < -0.39 is 0 Å². The molecule has 1 atom stereocenters. The smallest absolute Gasteiger partial charge is 0.253 e. The quantitative estimate of drug-likeness (QED) is 0.887. The van der Waals surface area contributed by atoms with Gasteiger partial charge in [-0.15, -0.1) is 12.4 Å². The molecule has 0 bridgehead atoms. The molecule has 1 saturated heterocycles. The SMILES string of the molecule is Cl.NCC1CCCN(C(=O)c2ccc(OCc3ccccc3)cc2)C1. The Morgan fingerprint density at radius 3 is 2.52 bits per heavy atom. The molecule has 2 aromatic carbocycles. The lowest BCUT2D eigenvalue weighted by Crippen LogP contribution is -2.42. The zero-order chi connectivity index (χ0) is 16.8. The number of hydrogen-bond acceptors (Lipinski definition) is 3. The number of halogens is 1. The zero-order valence-corrected chi connectivity index (χ0v) is 15.1. The van der Waals surface area contributed by atoms with Gasteiger partial charge in [0, 0.05) is 18.7 Å². The van der Waals surface area contributed by atoms with Gasteiger partial charge in [-0.25, -0.2) is 0 Å². The second-order valence-electron chi connectivity index (χ2n) is 6.29. The fraction of sp³-hybridized carbons (Fsp3) is 0.350. The van der Waals surface area contributed by atoms with E-state index in [9.17, 15) is 4.79 Å². The van der Waals surface area contributed by atoms with Gasteiger partial charge in [-0.05, 0) is 55.1 Å². The van der Waals surface area contributed by atoms with Gasteiger partial charge in [0.2, 0.25) is 0 Å². The van der Waals surface area contributed by atoms with Crippen LogP contribution in [-0.2, 0) is 6.61 Å². The van der Waals surface area contributed by atoms with E-state index in [2.05, 4.69) is 0 Å². The van der Waals surface area contributed by atoms with E-state index >= 15 is 0 Å². The van der Waals surface area contributed by atoms with Gasteiger partial charge >= 0.3 is 0 Å². The maximum absolute atomic E-state index is 12.6. The first-order chi connectivity index (χ1) is 11.8. The molecule has 2 aromatic rings. The van der Waals surface area contributed by atoms with Crippen LogP contribution >= 0.6 is 12.4 Å². The van der Waals surface area contributed by atoms with E-state index in [-0.39, 0.29) is 18.3 Å². The van der Waals surface area contributed by atoms with Crippen LogP contribution in [0.4, 0.5) is 0 Å².